The highest BCUT2D eigenvalue weighted by atomic mass is 35.5. The molecule has 126 valence electrons. The summed E-state index contributed by atoms with van der Waals surface area (Å²) in [4.78, 5) is 15.8. The SMILES string of the molecule is CCOc1ccc(-c2noc(CCC(=O)NCCN)n2)cc1.Cl. The normalized spacial score (nSPS) is 10.0. The summed E-state index contributed by atoms with van der Waals surface area (Å²) in [5, 5.41) is 6.62. The average Bonchev–Trinajstić information content (AvgIpc) is 3.01. The van der Waals surface area contributed by atoms with Crippen molar-refractivity contribution in [1.82, 2.24) is 15.5 Å². The third-order valence-corrected chi connectivity index (χ3v) is 2.92. The highest BCUT2D eigenvalue weighted by molar-refractivity contribution is 5.85. The second-order valence-corrected chi connectivity index (χ2v) is 4.61. The van der Waals surface area contributed by atoms with Gasteiger partial charge in [0.05, 0.1) is 6.61 Å². The highest BCUT2D eigenvalue weighted by Crippen LogP contribution is 2.20. The molecule has 1 amide bonds. The van der Waals surface area contributed by atoms with Crippen LogP contribution in [-0.2, 0) is 11.2 Å². The molecular formula is C15H21ClN4O3. The Labute approximate surface area is 141 Å². The van der Waals surface area contributed by atoms with E-state index in [1.807, 2.05) is 31.2 Å². The van der Waals surface area contributed by atoms with Crippen molar-refractivity contribution in [2.75, 3.05) is 19.7 Å². The maximum absolute atomic E-state index is 11.5. The van der Waals surface area contributed by atoms with Gasteiger partial charge in [0.25, 0.3) is 0 Å². The van der Waals surface area contributed by atoms with Crippen molar-refractivity contribution >= 4 is 18.3 Å². The van der Waals surface area contributed by atoms with Crippen molar-refractivity contribution in [3.8, 4) is 17.1 Å². The van der Waals surface area contributed by atoms with Crippen LogP contribution in [0.15, 0.2) is 28.8 Å². The van der Waals surface area contributed by atoms with E-state index in [9.17, 15) is 4.79 Å². The molecule has 0 spiro atoms. The lowest BCUT2D eigenvalue weighted by atomic mass is 10.2. The Morgan fingerprint density at radius 2 is 2.09 bits per heavy atom. The van der Waals surface area contributed by atoms with E-state index in [1.54, 1.807) is 0 Å². The fourth-order valence-electron chi connectivity index (χ4n) is 1.86. The molecule has 1 aromatic heterocycles. The quantitative estimate of drug-likeness (QED) is 0.756. The molecular weight excluding hydrogens is 320 g/mol. The van der Waals surface area contributed by atoms with Gasteiger partial charge in [0, 0.05) is 31.5 Å². The number of hydrogen-bond donors (Lipinski definition) is 2. The van der Waals surface area contributed by atoms with Gasteiger partial charge < -0.3 is 20.3 Å². The van der Waals surface area contributed by atoms with E-state index in [1.165, 1.54) is 0 Å². The molecule has 2 aromatic rings. The van der Waals surface area contributed by atoms with E-state index < -0.39 is 0 Å². The molecule has 3 N–H and O–H groups in total. The summed E-state index contributed by atoms with van der Waals surface area (Å²) in [5.74, 6) is 1.66. The van der Waals surface area contributed by atoms with Gasteiger partial charge in [-0.3, -0.25) is 4.79 Å². The third kappa shape index (κ3) is 5.88. The summed E-state index contributed by atoms with van der Waals surface area (Å²) < 4.78 is 10.5. The molecule has 0 aliphatic rings. The van der Waals surface area contributed by atoms with Gasteiger partial charge in [0.1, 0.15) is 5.75 Å². The number of aryl methyl sites for hydroxylation is 1. The first-order valence-corrected chi connectivity index (χ1v) is 7.25. The first kappa shape index (κ1) is 18.9. The summed E-state index contributed by atoms with van der Waals surface area (Å²) in [6.45, 7) is 3.45. The van der Waals surface area contributed by atoms with E-state index in [-0.39, 0.29) is 18.3 Å². The van der Waals surface area contributed by atoms with Crippen molar-refractivity contribution < 1.29 is 14.1 Å². The molecule has 0 aliphatic heterocycles. The molecule has 0 bridgehead atoms. The third-order valence-electron chi connectivity index (χ3n) is 2.92. The second-order valence-electron chi connectivity index (χ2n) is 4.61. The first-order chi connectivity index (χ1) is 10.7. The maximum Gasteiger partial charge on any atom is 0.227 e. The molecule has 0 unspecified atom stereocenters. The topological polar surface area (TPSA) is 103 Å². The van der Waals surface area contributed by atoms with Crippen LogP contribution in [-0.4, -0.2) is 35.7 Å². The Hall–Kier alpha value is -2.12. The number of nitrogens with two attached hydrogens (primary N) is 1. The van der Waals surface area contributed by atoms with Crippen LogP contribution in [0.4, 0.5) is 0 Å². The van der Waals surface area contributed by atoms with Crippen LogP contribution in [0.3, 0.4) is 0 Å². The van der Waals surface area contributed by atoms with Crippen molar-refractivity contribution in [1.29, 1.82) is 0 Å². The Morgan fingerprint density at radius 3 is 2.74 bits per heavy atom. The predicted octanol–water partition coefficient (Wildman–Crippen LogP) is 1.56. The number of amides is 1. The summed E-state index contributed by atoms with van der Waals surface area (Å²) in [6.07, 6.45) is 0.700. The lowest BCUT2D eigenvalue weighted by Gasteiger charge is -2.02. The molecule has 0 saturated heterocycles. The minimum atomic E-state index is -0.0775. The summed E-state index contributed by atoms with van der Waals surface area (Å²) in [5.41, 5.74) is 6.16. The smallest absolute Gasteiger partial charge is 0.227 e. The number of rotatable bonds is 8. The van der Waals surface area contributed by atoms with E-state index in [0.717, 1.165) is 11.3 Å². The van der Waals surface area contributed by atoms with E-state index in [2.05, 4.69) is 15.5 Å². The average molecular weight is 341 g/mol. The maximum atomic E-state index is 11.5. The molecule has 7 nitrogen and oxygen atoms in total. The second kappa shape index (κ2) is 9.81. The molecule has 2 rings (SSSR count). The molecule has 0 atom stereocenters. The van der Waals surface area contributed by atoms with Gasteiger partial charge in [-0.1, -0.05) is 5.16 Å². The molecule has 0 saturated carbocycles. The van der Waals surface area contributed by atoms with Crippen LogP contribution in [0.1, 0.15) is 19.2 Å². The molecule has 8 heteroatoms. The number of halogens is 1. The monoisotopic (exact) mass is 340 g/mol. The first-order valence-electron chi connectivity index (χ1n) is 7.25. The number of carbonyl (C=O) groups is 1. The minimum absolute atomic E-state index is 0. The Morgan fingerprint density at radius 1 is 1.35 bits per heavy atom. The zero-order chi connectivity index (χ0) is 15.8. The van der Waals surface area contributed by atoms with Crippen LogP contribution in [0, 0.1) is 0 Å². The minimum Gasteiger partial charge on any atom is -0.494 e. The lowest BCUT2D eigenvalue weighted by Crippen LogP contribution is -2.29. The number of aromatic nitrogens is 2. The molecule has 0 aliphatic carbocycles. The van der Waals surface area contributed by atoms with Gasteiger partial charge in [-0.25, -0.2) is 0 Å². The fraction of sp³-hybridized carbons (Fsp3) is 0.400. The molecule has 0 fully saturated rings. The van der Waals surface area contributed by atoms with Gasteiger partial charge >= 0.3 is 0 Å². The number of nitrogens with one attached hydrogen (secondary N) is 1. The van der Waals surface area contributed by atoms with Crippen LogP contribution in [0.5, 0.6) is 5.75 Å². The largest absolute Gasteiger partial charge is 0.494 e. The van der Waals surface area contributed by atoms with Crippen LogP contribution < -0.4 is 15.8 Å². The number of nitrogens with zero attached hydrogens (tertiary/aromatic N) is 2. The van der Waals surface area contributed by atoms with E-state index in [0.29, 0.717) is 44.3 Å². The van der Waals surface area contributed by atoms with Crippen LogP contribution in [0.25, 0.3) is 11.4 Å². The van der Waals surface area contributed by atoms with E-state index in [4.69, 9.17) is 15.0 Å². The van der Waals surface area contributed by atoms with Crippen LogP contribution >= 0.6 is 12.4 Å². The highest BCUT2D eigenvalue weighted by Gasteiger charge is 2.10. The van der Waals surface area contributed by atoms with Crippen molar-refractivity contribution in [3.05, 3.63) is 30.2 Å². The predicted molar refractivity (Wildman–Crippen MR) is 88.5 cm³/mol. The molecule has 1 heterocycles. The van der Waals surface area contributed by atoms with Gasteiger partial charge in [-0.2, -0.15) is 4.98 Å². The molecule has 0 radical (unpaired) electrons. The van der Waals surface area contributed by atoms with Gasteiger partial charge in [0.15, 0.2) is 0 Å². The van der Waals surface area contributed by atoms with Crippen LogP contribution in [0.2, 0.25) is 0 Å². The number of ether oxygens (including phenoxy) is 1. The summed E-state index contributed by atoms with van der Waals surface area (Å²) in [6, 6.07) is 7.45. The fourth-order valence-corrected chi connectivity index (χ4v) is 1.86. The Balaban J connectivity index is 0.00000264. The Kier molecular flexibility index (Phi) is 8.07. The number of benzene rings is 1. The van der Waals surface area contributed by atoms with Gasteiger partial charge in [-0.15, -0.1) is 12.4 Å². The standard InChI is InChI=1S/C15H20N4O3.ClH/c1-2-21-12-5-3-11(4-6-12)15-18-14(22-19-15)8-7-13(20)17-10-9-16;/h3-6H,2,7-10,16H2,1H3,(H,17,20);1H. The number of hydrogen-bond acceptors (Lipinski definition) is 6. The van der Waals surface area contributed by atoms with Gasteiger partial charge in [0.2, 0.25) is 17.6 Å². The van der Waals surface area contributed by atoms with Crippen molar-refractivity contribution in [2.24, 2.45) is 5.73 Å². The van der Waals surface area contributed by atoms with Crippen molar-refractivity contribution in [3.63, 3.8) is 0 Å². The van der Waals surface area contributed by atoms with Crippen molar-refractivity contribution in [2.45, 2.75) is 19.8 Å². The molecule has 1 aromatic carbocycles. The number of carbonyl (C=O) groups excluding carboxylic acids is 1. The summed E-state index contributed by atoms with van der Waals surface area (Å²) >= 11 is 0. The summed E-state index contributed by atoms with van der Waals surface area (Å²) in [7, 11) is 0. The Bertz CT molecular complexity index is 601. The van der Waals surface area contributed by atoms with E-state index >= 15 is 0 Å². The molecule has 23 heavy (non-hydrogen) atoms. The zero-order valence-electron chi connectivity index (χ0n) is 12.9. The lowest BCUT2D eigenvalue weighted by molar-refractivity contribution is -0.121. The van der Waals surface area contributed by atoms with Gasteiger partial charge in [-0.05, 0) is 31.2 Å². The zero-order valence-corrected chi connectivity index (χ0v) is 13.8.